The number of para-hydroxylation sites is 2. The molecule has 2 aromatic carbocycles. The minimum absolute atomic E-state index is 0.0478. The number of carbonyl (C=O) groups excluding carboxylic acids is 1. The Bertz CT molecular complexity index is 812. The predicted octanol–water partition coefficient (Wildman–Crippen LogP) is 4.39. The fraction of sp³-hybridized carbons (Fsp3) is 0.278. The lowest BCUT2D eigenvalue weighted by Crippen LogP contribution is -2.29. The highest BCUT2D eigenvalue weighted by Crippen LogP contribution is 2.30. The van der Waals surface area contributed by atoms with Crippen molar-refractivity contribution in [3.05, 3.63) is 69.3 Å². The Balaban J connectivity index is 2.34. The summed E-state index contributed by atoms with van der Waals surface area (Å²) >= 11 is 0. The van der Waals surface area contributed by atoms with E-state index >= 15 is 0 Å². The number of nitro groups is 1. The number of hydrogen-bond donors (Lipinski definition) is 1. The van der Waals surface area contributed by atoms with E-state index in [4.69, 9.17) is 0 Å². The Labute approximate surface area is 148 Å². The van der Waals surface area contributed by atoms with Crippen LogP contribution in [0.1, 0.15) is 40.9 Å². The maximum atomic E-state index is 12.6. The second-order valence-electron chi connectivity index (χ2n) is 5.58. The van der Waals surface area contributed by atoms with Crippen LogP contribution in [-0.2, 0) is 0 Å². The Morgan fingerprint density at radius 1 is 1.23 bits per heavy atom. The molecular formula is C18H18F2N2O4. The molecule has 26 heavy (non-hydrogen) atoms. The highest BCUT2D eigenvalue weighted by molar-refractivity contribution is 5.98. The van der Waals surface area contributed by atoms with Crippen molar-refractivity contribution >= 4 is 11.6 Å². The van der Waals surface area contributed by atoms with Gasteiger partial charge in [-0.15, -0.1) is 0 Å². The lowest BCUT2D eigenvalue weighted by molar-refractivity contribution is -0.385. The molecule has 1 amide bonds. The number of rotatable bonds is 7. The van der Waals surface area contributed by atoms with Gasteiger partial charge in [-0.2, -0.15) is 8.78 Å². The monoisotopic (exact) mass is 364 g/mol. The predicted molar refractivity (Wildman–Crippen MR) is 91.4 cm³/mol. The van der Waals surface area contributed by atoms with Crippen LogP contribution in [0.15, 0.2) is 42.5 Å². The van der Waals surface area contributed by atoms with E-state index < -0.39 is 23.5 Å². The number of aryl methyl sites for hydroxylation is 1. The Morgan fingerprint density at radius 2 is 1.92 bits per heavy atom. The van der Waals surface area contributed by atoms with E-state index in [1.165, 1.54) is 25.1 Å². The van der Waals surface area contributed by atoms with E-state index in [9.17, 15) is 23.7 Å². The highest BCUT2D eigenvalue weighted by atomic mass is 19.3. The van der Waals surface area contributed by atoms with Crippen LogP contribution in [0.4, 0.5) is 14.5 Å². The number of carbonyl (C=O) groups is 1. The Hall–Kier alpha value is -3.03. The zero-order valence-electron chi connectivity index (χ0n) is 14.2. The number of halogens is 2. The summed E-state index contributed by atoms with van der Waals surface area (Å²) in [7, 11) is 0. The van der Waals surface area contributed by atoms with Crippen molar-refractivity contribution in [2.45, 2.75) is 32.9 Å². The molecule has 0 aliphatic carbocycles. The van der Waals surface area contributed by atoms with Crippen molar-refractivity contribution in [3.63, 3.8) is 0 Å². The van der Waals surface area contributed by atoms with Crippen molar-refractivity contribution in [2.24, 2.45) is 0 Å². The fourth-order valence-corrected chi connectivity index (χ4v) is 2.69. The zero-order chi connectivity index (χ0) is 19.3. The smallest absolute Gasteiger partial charge is 0.387 e. The molecule has 8 heteroatoms. The molecule has 0 aliphatic rings. The van der Waals surface area contributed by atoms with Crippen LogP contribution in [0.5, 0.6) is 5.75 Å². The van der Waals surface area contributed by atoms with Gasteiger partial charge in [0.1, 0.15) is 11.3 Å². The quantitative estimate of drug-likeness (QED) is 0.584. The molecule has 0 aromatic heterocycles. The van der Waals surface area contributed by atoms with E-state index in [2.05, 4.69) is 10.1 Å². The van der Waals surface area contributed by atoms with Gasteiger partial charge in [-0.05, 0) is 25.5 Å². The van der Waals surface area contributed by atoms with Crippen LogP contribution in [-0.4, -0.2) is 17.4 Å². The minimum atomic E-state index is -3.00. The van der Waals surface area contributed by atoms with E-state index in [1.54, 1.807) is 31.2 Å². The average Bonchev–Trinajstić information content (AvgIpc) is 2.59. The van der Waals surface area contributed by atoms with E-state index in [0.29, 0.717) is 17.5 Å². The van der Waals surface area contributed by atoms with Gasteiger partial charge in [0.05, 0.1) is 11.0 Å². The third-order valence-corrected chi connectivity index (χ3v) is 3.89. The molecule has 0 spiro atoms. The average molecular weight is 364 g/mol. The second-order valence-corrected chi connectivity index (χ2v) is 5.58. The zero-order valence-corrected chi connectivity index (χ0v) is 14.2. The summed E-state index contributed by atoms with van der Waals surface area (Å²) in [4.78, 5) is 23.3. The number of nitrogens with one attached hydrogen (secondary N) is 1. The molecule has 0 heterocycles. The third kappa shape index (κ3) is 4.33. The maximum Gasteiger partial charge on any atom is 0.387 e. The Kier molecular flexibility index (Phi) is 6.21. The van der Waals surface area contributed by atoms with Gasteiger partial charge in [0, 0.05) is 11.1 Å². The van der Waals surface area contributed by atoms with Crippen LogP contribution >= 0.6 is 0 Å². The molecule has 0 saturated heterocycles. The summed E-state index contributed by atoms with van der Waals surface area (Å²) in [5.74, 6) is -0.701. The molecule has 1 unspecified atom stereocenters. The molecule has 6 nitrogen and oxygen atoms in total. The van der Waals surface area contributed by atoms with Crippen LogP contribution in [0.3, 0.4) is 0 Å². The number of ether oxygens (including phenoxy) is 1. The minimum Gasteiger partial charge on any atom is -0.434 e. The summed E-state index contributed by atoms with van der Waals surface area (Å²) in [5.41, 5.74) is 0.369. The summed E-state index contributed by atoms with van der Waals surface area (Å²) in [6.45, 7) is 0.300. The summed E-state index contributed by atoms with van der Waals surface area (Å²) in [5, 5.41) is 13.9. The summed E-state index contributed by atoms with van der Waals surface area (Å²) in [6, 6.07) is 9.93. The van der Waals surface area contributed by atoms with Gasteiger partial charge in [0.2, 0.25) is 0 Å². The standard InChI is InChI=1S/C18H18F2N2O4/c1-3-14(12-8-4-5-10-15(12)26-18(19)20)21-17(23)13-9-6-7-11(2)16(13)22(24)25/h4-10,14,18H,3H2,1-2H3,(H,21,23). The SMILES string of the molecule is CCC(NC(=O)c1cccc(C)c1[N+](=O)[O-])c1ccccc1OC(F)F. The first kappa shape index (κ1) is 19.3. The van der Waals surface area contributed by atoms with Crippen molar-refractivity contribution in [1.29, 1.82) is 0 Å². The third-order valence-electron chi connectivity index (χ3n) is 3.89. The number of hydrogen-bond acceptors (Lipinski definition) is 4. The molecule has 0 saturated carbocycles. The first-order chi connectivity index (χ1) is 12.3. The van der Waals surface area contributed by atoms with E-state index in [0.717, 1.165) is 0 Å². The molecule has 0 fully saturated rings. The molecule has 2 aromatic rings. The van der Waals surface area contributed by atoms with E-state index in [1.807, 2.05) is 0 Å². The van der Waals surface area contributed by atoms with Crippen LogP contribution in [0.25, 0.3) is 0 Å². The molecule has 138 valence electrons. The van der Waals surface area contributed by atoms with Crippen LogP contribution in [0, 0.1) is 17.0 Å². The first-order valence-corrected chi connectivity index (χ1v) is 7.93. The van der Waals surface area contributed by atoms with E-state index in [-0.39, 0.29) is 17.0 Å². The van der Waals surface area contributed by atoms with Crippen molar-refractivity contribution in [1.82, 2.24) is 5.32 Å². The van der Waals surface area contributed by atoms with Gasteiger partial charge >= 0.3 is 6.61 Å². The van der Waals surface area contributed by atoms with Crippen molar-refractivity contribution in [3.8, 4) is 5.75 Å². The topological polar surface area (TPSA) is 81.5 Å². The normalized spacial score (nSPS) is 11.9. The van der Waals surface area contributed by atoms with Gasteiger partial charge in [-0.1, -0.05) is 37.3 Å². The lowest BCUT2D eigenvalue weighted by Gasteiger charge is -2.20. The van der Waals surface area contributed by atoms with Crippen LogP contribution in [0.2, 0.25) is 0 Å². The number of alkyl halides is 2. The van der Waals surface area contributed by atoms with Gasteiger partial charge in [0.15, 0.2) is 0 Å². The van der Waals surface area contributed by atoms with Gasteiger partial charge < -0.3 is 10.1 Å². The highest BCUT2D eigenvalue weighted by Gasteiger charge is 2.25. The first-order valence-electron chi connectivity index (χ1n) is 7.93. The lowest BCUT2D eigenvalue weighted by atomic mass is 10.0. The van der Waals surface area contributed by atoms with Crippen molar-refractivity contribution < 1.29 is 23.2 Å². The van der Waals surface area contributed by atoms with Crippen molar-refractivity contribution in [2.75, 3.05) is 0 Å². The fourth-order valence-electron chi connectivity index (χ4n) is 2.69. The number of benzene rings is 2. The second kappa shape index (κ2) is 8.37. The number of amides is 1. The molecule has 0 aliphatic heterocycles. The molecule has 0 radical (unpaired) electrons. The molecular weight excluding hydrogens is 346 g/mol. The molecule has 2 rings (SSSR count). The molecule has 1 atom stereocenters. The summed E-state index contributed by atoms with van der Waals surface area (Å²) in [6.07, 6.45) is 0.384. The van der Waals surface area contributed by atoms with Crippen LogP contribution < -0.4 is 10.1 Å². The molecule has 1 N–H and O–H groups in total. The number of nitrogens with zero attached hydrogens (tertiary/aromatic N) is 1. The maximum absolute atomic E-state index is 12.6. The summed E-state index contributed by atoms with van der Waals surface area (Å²) < 4.78 is 29.7. The largest absolute Gasteiger partial charge is 0.434 e. The van der Waals surface area contributed by atoms with Gasteiger partial charge in [0.25, 0.3) is 11.6 Å². The molecule has 0 bridgehead atoms. The van der Waals surface area contributed by atoms with Gasteiger partial charge in [-0.25, -0.2) is 0 Å². The Morgan fingerprint density at radius 3 is 2.54 bits per heavy atom. The van der Waals surface area contributed by atoms with Gasteiger partial charge in [-0.3, -0.25) is 14.9 Å². The number of nitro benzene ring substituents is 1.